The number of hydrogen-bond donors (Lipinski definition) is 2. The fourth-order valence-corrected chi connectivity index (χ4v) is 3.12. The number of aliphatic hydroxyl groups is 1. The number of rotatable bonds is 8. The number of aromatic amines is 1. The van der Waals surface area contributed by atoms with Crippen molar-refractivity contribution in [2.24, 2.45) is 0 Å². The van der Waals surface area contributed by atoms with Crippen LogP contribution in [0.2, 0.25) is 5.02 Å². The number of nitrogens with zero attached hydrogens (tertiary/aromatic N) is 3. The minimum atomic E-state index is -0.228. The van der Waals surface area contributed by atoms with Crippen LogP contribution < -0.4 is 10.3 Å². The van der Waals surface area contributed by atoms with Gasteiger partial charge >= 0.3 is 0 Å². The summed E-state index contributed by atoms with van der Waals surface area (Å²) in [5.41, 5.74) is 0.613. The quantitative estimate of drug-likeness (QED) is 0.450. The summed E-state index contributed by atoms with van der Waals surface area (Å²) >= 11 is 7.22. The molecule has 0 atom stereocenters. The molecule has 138 valence electrons. The van der Waals surface area contributed by atoms with Gasteiger partial charge in [0.1, 0.15) is 18.2 Å². The fourth-order valence-electron chi connectivity index (χ4n) is 2.62. The van der Waals surface area contributed by atoms with Gasteiger partial charge in [0.2, 0.25) is 0 Å². The van der Waals surface area contributed by atoms with E-state index < -0.39 is 0 Å². The lowest BCUT2D eigenvalue weighted by Crippen LogP contribution is -2.17. The van der Waals surface area contributed by atoms with E-state index in [0.717, 1.165) is 0 Å². The molecule has 0 spiro atoms. The molecule has 0 fully saturated rings. The van der Waals surface area contributed by atoms with Gasteiger partial charge in [-0.25, -0.2) is 9.97 Å². The standard InChI is InChI=1S/C17H19ClN4O3S/c1-26-17-20-15-14(16(24)21-17)22(13(19-15)3-2-9-23)8-10-25-12-6-4-11(18)5-7-12/h4-7,23H,2-3,8-10H2,1H3,(H,20,21,24). The molecular weight excluding hydrogens is 376 g/mol. The Kier molecular flexibility index (Phi) is 6.18. The van der Waals surface area contributed by atoms with Gasteiger partial charge in [-0.2, -0.15) is 0 Å². The molecule has 0 aliphatic heterocycles. The number of ether oxygens (including phenoxy) is 1. The average Bonchev–Trinajstić information content (AvgIpc) is 2.99. The zero-order valence-electron chi connectivity index (χ0n) is 14.2. The van der Waals surface area contributed by atoms with Gasteiger partial charge in [0.15, 0.2) is 16.3 Å². The number of H-pyrrole nitrogens is 1. The predicted octanol–water partition coefficient (Wildman–Crippen LogP) is 2.50. The predicted molar refractivity (Wildman–Crippen MR) is 102 cm³/mol. The van der Waals surface area contributed by atoms with Crippen molar-refractivity contribution in [2.45, 2.75) is 24.5 Å². The molecule has 2 N–H and O–H groups in total. The van der Waals surface area contributed by atoms with Gasteiger partial charge in [-0.3, -0.25) is 9.78 Å². The molecule has 0 saturated carbocycles. The third-order valence-electron chi connectivity index (χ3n) is 3.82. The van der Waals surface area contributed by atoms with Crippen LogP contribution in [0.15, 0.2) is 34.2 Å². The molecule has 1 aromatic carbocycles. The summed E-state index contributed by atoms with van der Waals surface area (Å²) in [5.74, 6) is 1.41. The minimum Gasteiger partial charge on any atom is -0.492 e. The SMILES string of the molecule is CSc1nc2nc(CCCO)n(CCOc3ccc(Cl)cc3)c2c(=O)[nH]1. The molecule has 0 unspecified atom stereocenters. The highest BCUT2D eigenvalue weighted by molar-refractivity contribution is 7.98. The summed E-state index contributed by atoms with van der Waals surface area (Å²) in [6.45, 7) is 0.872. The van der Waals surface area contributed by atoms with Gasteiger partial charge in [-0.15, -0.1) is 0 Å². The first-order valence-electron chi connectivity index (χ1n) is 8.15. The van der Waals surface area contributed by atoms with E-state index in [0.29, 0.717) is 58.9 Å². The Hall–Kier alpha value is -2.03. The van der Waals surface area contributed by atoms with Crippen LogP contribution in [0.25, 0.3) is 11.2 Å². The summed E-state index contributed by atoms with van der Waals surface area (Å²) in [6.07, 6.45) is 2.96. The van der Waals surface area contributed by atoms with Crippen LogP contribution in [0.1, 0.15) is 12.2 Å². The van der Waals surface area contributed by atoms with Crippen molar-refractivity contribution < 1.29 is 9.84 Å². The smallest absolute Gasteiger partial charge is 0.277 e. The number of fused-ring (bicyclic) bond motifs is 1. The van der Waals surface area contributed by atoms with Crippen LogP contribution in [-0.4, -0.2) is 44.1 Å². The van der Waals surface area contributed by atoms with Gasteiger partial charge < -0.3 is 14.4 Å². The highest BCUT2D eigenvalue weighted by atomic mass is 35.5. The zero-order valence-corrected chi connectivity index (χ0v) is 15.8. The molecule has 0 bridgehead atoms. The Bertz CT molecular complexity index is 940. The molecule has 0 aliphatic rings. The third-order valence-corrected chi connectivity index (χ3v) is 4.65. The van der Waals surface area contributed by atoms with Crippen molar-refractivity contribution in [2.75, 3.05) is 19.5 Å². The van der Waals surface area contributed by atoms with Crippen molar-refractivity contribution in [1.29, 1.82) is 0 Å². The molecule has 2 aromatic heterocycles. The number of aliphatic hydroxyl groups excluding tert-OH is 1. The van der Waals surface area contributed by atoms with Crippen LogP contribution in [0.5, 0.6) is 5.75 Å². The maximum Gasteiger partial charge on any atom is 0.277 e. The molecule has 0 amide bonds. The van der Waals surface area contributed by atoms with Crippen LogP contribution in [-0.2, 0) is 13.0 Å². The number of imidazole rings is 1. The zero-order chi connectivity index (χ0) is 18.5. The van der Waals surface area contributed by atoms with Crippen molar-refractivity contribution in [3.8, 4) is 5.75 Å². The van der Waals surface area contributed by atoms with Crippen molar-refractivity contribution >= 4 is 34.5 Å². The normalized spacial score (nSPS) is 11.2. The lowest BCUT2D eigenvalue weighted by atomic mass is 10.3. The van der Waals surface area contributed by atoms with E-state index >= 15 is 0 Å². The summed E-state index contributed by atoms with van der Waals surface area (Å²) in [4.78, 5) is 24.1. The van der Waals surface area contributed by atoms with Crippen LogP contribution in [0.4, 0.5) is 0 Å². The minimum absolute atomic E-state index is 0.0598. The van der Waals surface area contributed by atoms with E-state index in [1.54, 1.807) is 24.3 Å². The molecule has 2 heterocycles. The largest absolute Gasteiger partial charge is 0.492 e. The van der Waals surface area contributed by atoms with E-state index in [9.17, 15) is 4.79 Å². The van der Waals surface area contributed by atoms with E-state index in [1.807, 2.05) is 10.8 Å². The number of halogens is 1. The molecule has 0 aliphatic carbocycles. The van der Waals surface area contributed by atoms with Gasteiger partial charge in [-0.05, 0) is 36.9 Å². The Morgan fingerprint density at radius 1 is 1.31 bits per heavy atom. The summed E-state index contributed by atoms with van der Waals surface area (Å²) in [7, 11) is 0. The third kappa shape index (κ3) is 4.20. The van der Waals surface area contributed by atoms with Gasteiger partial charge in [-0.1, -0.05) is 23.4 Å². The maximum atomic E-state index is 12.5. The Labute approximate surface area is 159 Å². The van der Waals surface area contributed by atoms with Gasteiger partial charge in [0.05, 0.1) is 6.54 Å². The first-order chi connectivity index (χ1) is 12.6. The van der Waals surface area contributed by atoms with Crippen LogP contribution in [0.3, 0.4) is 0 Å². The van der Waals surface area contributed by atoms with E-state index in [-0.39, 0.29) is 12.2 Å². The van der Waals surface area contributed by atoms with Crippen molar-refractivity contribution in [3.05, 3.63) is 45.5 Å². The molecular formula is C17H19ClN4O3S. The number of benzene rings is 1. The second-order valence-electron chi connectivity index (χ2n) is 5.56. The van der Waals surface area contributed by atoms with Crippen molar-refractivity contribution in [1.82, 2.24) is 19.5 Å². The second-order valence-corrected chi connectivity index (χ2v) is 6.79. The Morgan fingerprint density at radius 3 is 2.77 bits per heavy atom. The number of thioether (sulfide) groups is 1. The summed E-state index contributed by atoms with van der Waals surface area (Å²) < 4.78 is 7.55. The number of hydrogen-bond acceptors (Lipinski definition) is 6. The lowest BCUT2D eigenvalue weighted by molar-refractivity contribution is 0.283. The molecule has 0 radical (unpaired) electrons. The topological polar surface area (TPSA) is 93.0 Å². The Morgan fingerprint density at radius 2 is 2.08 bits per heavy atom. The maximum absolute atomic E-state index is 12.5. The fraction of sp³-hybridized carbons (Fsp3) is 0.353. The lowest BCUT2D eigenvalue weighted by Gasteiger charge is -2.10. The van der Waals surface area contributed by atoms with Gasteiger partial charge in [0, 0.05) is 18.1 Å². The summed E-state index contributed by atoms with van der Waals surface area (Å²) in [6, 6.07) is 7.10. The Balaban J connectivity index is 1.86. The monoisotopic (exact) mass is 394 g/mol. The van der Waals surface area contributed by atoms with E-state index in [4.69, 9.17) is 21.4 Å². The molecule has 3 rings (SSSR count). The highest BCUT2D eigenvalue weighted by Gasteiger charge is 2.16. The molecule has 9 heteroatoms. The average molecular weight is 395 g/mol. The second kappa shape index (κ2) is 8.57. The number of nitrogens with one attached hydrogen (secondary N) is 1. The molecule has 3 aromatic rings. The first kappa shape index (κ1) is 18.8. The first-order valence-corrected chi connectivity index (χ1v) is 9.75. The number of aromatic nitrogens is 4. The molecule has 0 saturated heterocycles. The van der Waals surface area contributed by atoms with E-state index in [1.165, 1.54) is 11.8 Å². The van der Waals surface area contributed by atoms with Gasteiger partial charge in [0.25, 0.3) is 5.56 Å². The van der Waals surface area contributed by atoms with Crippen LogP contribution in [0, 0.1) is 0 Å². The highest BCUT2D eigenvalue weighted by Crippen LogP contribution is 2.17. The molecule has 7 nitrogen and oxygen atoms in total. The number of aryl methyl sites for hydroxylation is 1. The van der Waals surface area contributed by atoms with E-state index in [2.05, 4.69) is 15.0 Å². The van der Waals surface area contributed by atoms with Crippen molar-refractivity contribution in [3.63, 3.8) is 0 Å². The van der Waals surface area contributed by atoms with Crippen LogP contribution >= 0.6 is 23.4 Å². The summed E-state index contributed by atoms with van der Waals surface area (Å²) in [5, 5.41) is 10.3. The molecule has 26 heavy (non-hydrogen) atoms.